The molecule has 0 radical (unpaired) electrons. The summed E-state index contributed by atoms with van der Waals surface area (Å²) in [4.78, 5) is 31.9. The van der Waals surface area contributed by atoms with Crippen molar-refractivity contribution in [2.75, 3.05) is 4.90 Å². The minimum atomic E-state index is -0.926. The number of aromatic nitrogens is 1. The molecule has 1 aliphatic heterocycles. The topological polar surface area (TPSA) is 90.7 Å². The van der Waals surface area contributed by atoms with Gasteiger partial charge in [0.15, 0.2) is 11.5 Å². The van der Waals surface area contributed by atoms with Crippen LogP contribution in [0.25, 0.3) is 0 Å². The van der Waals surface area contributed by atoms with Crippen LogP contribution in [-0.2, 0) is 16.0 Å². The summed E-state index contributed by atoms with van der Waals surface area (Å²) >= 11 is 0. The number of aliphatic hydroxyl groups is 1. The average molecular weight is 414 g/mol. The molecule has 1 unspecified atom stereocenters. The monoisotopic (exact) mass is 414 g/mol. The molecule has 0 saturated heterocycles. The number of carbonyl (C=O) groups is 2. The van der Waals surface area contributed by atoms with E-state index in [1.807, 2.05) is 37.3 Å². The Morgan fingerprint density at radius 3 is 2.48 bits per heavy atom. The SMILES string of the molecule is Cc1ccc(O)c(N2C(=O)C(O)=C(C(=O)CCc3ccccc3)C2c2ccccn2)c1. The molecule has 2 aromatic carbocycles. The molecule has 1 atom stereocenters. The molecule has 4 rings (SSSR count). The van der Waals surface area contributed by atoms with Gasteiger partial charge in [0.2, 0.25) is 0 Å². The van der Waals surface area contributed by atoms with Crippen LogP contribution in [0, 0.1) is 6.92 Å². The standard InChI is InChI=1S/C25H22N2O4/c1-16-10-12-20(28)19(15-16)27-23(18-9-5-6-14-26-18)22(24(30)25(27)31)21(29)13-11-17-7-3-2-4-8-17/h2-10,12,14-15,23,28,30H,11,13H2,1H3. The summed E-state index contributed by atoms with van der Waals surface area (Å²) in [6.07, 6.45) is 2.18. The van der Waals surface area contributed by atoms with Gasteiger partial charge in [-0.3, -0.25) is 19.5 Å². The second-order valence-corrected chi connectivity index (χ2v) is 7.50. The Balaban J connectivity index is 1.75. The molecule has 1 amide bonds. The highest BCUT2D eigenvalue weighted by atomic mass is 16.3. The van der Waals surface area contributed by atoms with Crippen LogP contribution < -0.4 is 4.90 Å². The number of Topliss-reactive ketones (excluding diaryl/α,β-unsaturated/α-hetero) is 1. The van der Waals surface area contributed by atoms with E-state index in [-0.39, 0.29) is 29.2 Å². The lowest BCUT2D eigenvalue weighted by molar-refractivity contribution is -0.118. The lowest BCUT2D eigenvalue weighted by Crippen LogP contribution is -2.31. The predicted molar refractivity (Wildman–Crippen MR) is 117 cm³/mol. The van der Waals surface area contributed by atoms with Gasteiger partial charge in [-0.1, -0.05) is 42.5 Å². The van der Waals surface area contributed by atoms with Crippen LogP contribution in [0.1, 0.15) is 29.3 Å². The Morgan fingerprint density at radius 1 is 1.03 bits per heavy atom. The number of anilines is 1. The highest BCUT2D eigenvalue weighted by Gasteiger charge is 2.45. The number of nitrogens with zero attached hydrogens (tertiary/aromatic N) is 2. The van der Waals surface area contributed by atoms with Gasteiger partial charge in [-0.15, -0.1) is 0 Å². The molecule has 0 bridgehead atoms. The normalized spacial score (nSPS) is 16.1. The average Bonchev–Trinajstić information content (AvgIpc) is 3.06. The van der Waals surface area contributed by atoms with E-state index in [0.29, 0.717) is 12.1 Å². The molecular weight excluding hydrogens is 392 g/mol. The number of benzene rings is 2. The zero-order valence-corrected chi connectivity index (χ0v) is 17.0. The first-order valence-electron chi connectivity index (χ1n) is 10.0. The highest BCUT2D eigenvalue weighted by molar-refractivity contribution is 6.16. The Bertz CT molecular complexity index is 1160. The maximum absolute atomic E-state index is 13.2. The van der Waals surface area contributed by atoms with Gasteiger partial charge in [-0.25, -0.2) is 0 Å². The van der Waals surface area contributed by atoms with E-state index in [1.165, 1.54) is 11.0 Å². The predicted octanol–water partition coefficient (Wildman–Crippen LogP) is 4.20. The van der Waals surface area contributed by atoms with Crippen molar-refractivity contribution in [3.63, 3.8) is 0 Å². The van der Waals surface area contributed by atoms with Crippen molar-refractivity contribution in [2.24, 2.45) is 0 Å². The van der Waals surface area contributed by atoms with Crippen LogP contribution in [0.4, 0.5) is 5.69 Å². The molecule has 31 heavy (non-hydrogen) atoms. The number of ketones is 1. The molecule has 156 valence electrons. The van der Waals surface area contributed by atoms with Crippen LogP contribution in [0.15, 0.2) is 84.3 Å². The molecular formula is C25H22N2O4. The fourth-order valence-electron chi connectivity index (χ4n) is 3.82. The molecule has 2 heterocycles. The number of amides is 1. The van der Waals surface area contributed by atoms with Crippen molar-refractivity contribution in [3.8, 4) is 5.75 Å². The van der Waals surface area contributed by atoms with Gasteiger partial charge in [0.25, 0.3) is 5.91 Å². The van der Waals surface area contributed by atoms with E-state index in [9.17, 15) is 19.8 Å². The second-order valence-electron chi connectivity index (χ2n) is 7.50. The molecule has 0 spiro atoms. The minimum Gasteiger partial charge on any atom is -0.506 e. The van der Waals surface area contributed by atoms with Crippen molar-refractivity contribution < 1.29 is 19.8 Å². The Kier molecular flexibility index (Phi) is 5.54. The Hall–Kier alpha value is -3.93. The second kappa shape index (κ2) is 8.44. The maximum atomic E-state index is 13.2. The third kappa shape index (κ3) is 3.92. The van der Waals surface area contributed by atoms with Crippen LogP contribution in [0.5, 0.6) is 5.75 Å². The zero-order valence-electron chi connectivity index (χ0n) is 17.0. The summed E-state index contributed by atoms with van der Waals surface area (Å²) in [5.41, 5.74) is 2.47. The maximum Gasteiger partial charge on any atom is 0.294 e. The molecule has 1 aromatic heterocycles. The first-order chi connectivity index (χ1) is 15.0. The highest BCUT2D eigenvalue weighted by Crippen LogP contribution is 2.43. The van der Waals surface area contributed by atoms with Crippen molar-refractivity contribution in [1.82, 2.24) is 4.98 Å². The van der Waals surface area contributed by atoms with E-state index in [1.54, 1.807) is 36.5 Å². The summed E-state index contributed by atoms with van der Waals surface area (Å²) in [6, 6.07) is 18.6. The first-order valence-corrected chi connectivity index (χ1v) is 10.0. The minimum absolute atomic E-state index is 0.000497. The van der Waals surface area contributed by atoms with Crippen LogP contribution in [0.2, 0.25) is 0 Å². The molecule has 0 aliphatic carbocycles. The van der Waals surface area contributed by atoms with Crippen LogP contribution in [-0.4, -0.2) is 26.9 Å². The summed E-state index contributed by atoms with van der Waals surface area (Å²) in [7, 11) is 0. The Labute approximate surface area is 180 Å². The van der Waals surface area contributed by atoms with Gasteiger partial charge in [-0.2, -0.15) is 0 Å². The molecule has 2 N–H and O–H groups in total. The first kappa shape index (κ1) is 20.3. The summed E-state index contributed by atoms with van der Waals surface area (Å²) < 4.78 is 0. The van der Waals surface area contributed by atoms with Crippen molar-refractivity contribution in [3.05, 3.63) is 101 Å². The lowest BCUT2D eigenvalue weighted by atomic mass is 9.95. The summed E-state index contributed by atoms with van der Waals surface area (Å²) in [6.45, 7) is 1.83. The van der Waals surface area contributed by atoms with Crippen LogP contribution >= 0.6 is 0 Å². The summed E-state index contributed by atoms with van der Waals surface area (Å²) in [5.74, 6) is -1.79. The fourth-order valence-corrected chi connectivity index (χ4v) is 3.82. The van der Waals surface area contributed by atoms with Gasteiger partial charge < -0.3 is 10.2 Å². The van der Waals surface area contributed by atoms with Crippen molar-refractivity contribution in [2.45, 2.75) is 25.8 Å². The molecule has 1 aliphatic rings. The lowest BCUT2D eigenvalue weighted by Gasteiger charge is -2.27. The van der Waals surface area contributed by atoms with Gasteiger partial charge in [0.1, 0.15) is 11.8 Å². The molecule has 6 nitrogen and oxygen atoms in total. The van der Waals surface area contributed by atoms with E-state index < -0.39 is 17.7 Å². The number of aromatic hydroxyl groups is 1. The van der Waals surface area contributed by atoms with Crippen LogP contribution in [0.3, 0.4) is 0 Å². The number of rotatable bonds is 6. The van der Waals surface area contributed by atoms with Crippen molar-refractivity contribution in [1.29, 1.82) is 0 Å². The van der Waals surface area contributed by atoms with Gasteiger partial charge >= 0.3 is 0 Å². The van der Waals surface area contributed by atoms with Gasteiger partial charge in [0, 0.05) is 12.6 Å². The fraction of sp³-hybridized carbons (Fsp3) is 0.160. The number of hydrogen-bond donors (Lipinski definition) is 2. The number of aryl methyl sites for hydroxylation is 2. The van der Waals surface area contributed by atoms with E-state index in [4.69, 9.17) is 0 Å². The number of pyridine rings is 1. The third-order valence-electron chi connectivity index (χ3n) is 5.35. The third-order valence-corrected chi connectivity index (χ3v) is 5.35. The number of carbonyl (C=O) groups excluding carboxylic acids is 2. The van der Waals surface area contributed by atoms with Crippen molar-refractivity contribution >= 4 is 17.4 Å². The van der Waals surface area contributed by atoms with E-state index >= 15 is 0 Å². The quantitative estimate of drug-likeness (QED) is 0.631. The van der Waals surface area contributed by atoms with E-state index in [2.05, 4.69) is 4.98 Å². The van der Waals surface area contributed by atoms with Gasteiger partial charge in [0.05, 0.1) is 17.0 Å². The van der Waals surface area contributed by atoms with E-state index in [0.717, 1.165) is 11.1 Å². The Morgan fingerprint density at radius 2 is 1.77 bits per heavy atom. The molecule has 3 aromatic rings. The van der Waals surface area contributed by atoms with Gasteiger partial charge in [-0.05, 0) is 48.7 Å². The largest absolute Gasteiger partial charge is 0.506 e. The number of phenolic OH excluding ortho intramolecular Hbond substituents is 1. The number of aliphatic hydroxyl groups excluding tert-OH is 1. The molecule has 6 heteroatoms. The molecule has 0 saturated carbocycles. The zero-order chi connectivity index (χ0) is 22.0. The number of hydrogen-bond acceptors (Lipinski definition) is 5. The smallest absolute Gasteiger partial charge is 0.294 e. The number of phenols is 1. The summed E-state index contributed by atoms with van der Waals surface area (Å²) in [5, 5.41) is 21.1. The molecule has 0 fully saturated rings.